The molecule has 0 atom stereocenters. The molecule has 20 heavy (non-hydrogen) atoms. The number of methoxy groups -OCH3 is 1. The minimum Gasteiger partial charge on any atom is -0.497 e. The van der Waals surface area contributed by atoms with Gasteiger partial charge in [-0.1, -0.05) is 23.7 Å². The lowest BCUT2D eigenvalue weighted by Crippen LogP contribution is -2.31. The summed E-state index contributed by atoms with van der Waals surface area (Å²) >= 11 is 5.95. The van der Waals surface area contributed by atoms with Gasteiger partial charge >= 0.3 is 5.97 Å². The maximum Gasteiger partial charge on any atom is 0.357 e. The third kappa shape index (κ3) is 4.32. The van der Waals surface area contributed by atoms with E-state index in [-0.39, 0.29) is 17.5 Å². The zero-order valence-electron chi connectivity index (χ0n) is 11.4. The van der Waals surface area contributed by atoms with E-state index in [0.29, 0.717) is 6.54 Å². The average Bonchev–Trinajstić information content (AvgIpc) is 2.46. The molecule has 0 saturated carbocycles. The highest BCUT2D eigenvalue weighted by Crippen LogP contribution is 2.16. The van der Waals surface area contributed by atoms with Crippen LogP contribution in [0.3, 0.4) is 0 Å². The number of hydrogen-bond donors (Lipinski definition) is 2. The third-order valence-electron chi connectivity index (χ3n) is 2.48. The second-order valence-corrected chi connectivity index (χ2v) is 4.26. The lowest BCUT2D eigenvalue weighted by atomic mass is 10.2. The SMILES string of the molecule is CCOC(=O)/C(N)=C(\Cl)N(N)Cc1ccc(OC)cc1. The summed E-state index contributed by atoms with van der Waals surface area (Å²) in [5.41, 5.74) is 6.25. The van der Waals surface area contributed by atoms with Crippen molar-refractivity contribution in [2.24, 2.45) is 11.6 Å². The molecule has 110 valence electrons. The van der Waals surface area contributed by atoms with E-state index in [4.69, 9.17) is 32.7 Å². The number of esters is 1. The van der Waals surface area contributed by atoms with Crippen molar-refractivity contribution in [2.75, 3.05) is 13.7 Å². The maximum absolute atomic E-state index is 11.4. The molecule has 0 spiro atoms. The van der Waals surface area contributed by atoms with Crippen LogP contribution in [0, 0.1) is 0 Å². The van der Waals surface area contributed by atoms with Gasteiger partial charge in [-0.25, -0.2) is 10.6 Å². The summed E-state index contributed by atoms with van der Waals surface area (Å²) in [6, 6.07) is 7.28. The normalized spacial score (nSPS) is 11.6. The number of hydrazine groups is 1. The number of carbonyl (C=O) groups excluding carboxylic acids is 1. The molecular formula is C13H18ClN3O3. The van der Waals surface area contributed by atoms with E-state index >= 15 is 0 Å². The van der Waals surface area contributed by atoms with E-state index in [1.54, 1.807) is 26.2 Å². The molecule has 0 aliphatic heterocycles. The van der Waals surface area contributed by atoms with Crippen LogP contribution >= 0.6 is 11.6 Å². The Balaban J connectivity index is 2.75. The predicted octanol–water partition coefficient (Wildman–Crippen LogP) is 1.30. The van der Waals surface area contributed by atoms with Gasteiger partial charge in [0.1, 0.15) is 10.9 Å². The second kappa shape index (κ2) is 7.62. The van der Waals surface area contributed by atoms with E-state index < -0.39 is 5.97 Å². The molecule has 1 aromatic rings. The van der Waals surface area contributed by atoms with Crippen LogP contribution in [0.15, 0.2) is 35.1 Å². The lowest BCUT2D eigenvalue weighted by Gasteiger charge is -2.19. The Hall–Kier alpha value is -1.92. The van der Waals surface area contributed by atoms with Crippen molar-refractivity contribution in [2.45, 2.75) is 13.5 Å². The first-order valence-corrected chi connectivity index (χ1v) is 6.34. The molecule has 0 aromatic heterocycles. The molecule has 1 rings (SSSR count). The minimum atomic E-state index is -0.692. The number of nitrogens with two attached hydrogens (primary N) is 2. The molecule has 6 nitrogen and oxygen atoms in total. The van der Waals surface area contributed by atoms with Crippen molar-refractivity contribution in [3.63, 3.8) is 0 Å². The first-order valence-electron chi connectivity index (χ1n) is 5.97. The average molecular weight is 300 g/mol. The van der Waals surface area contributed by atoms with Gasteiger partial charge in [0.05, 0.1) is 20.3 Å². The Morgan fingerprint density at radius 2 is 1.95 bits per heavy atom. The quantitative estimate of drug-likeness (QED) is 0.270. The molecule has 0 fully saturated rings. The number of benzene rings is 1. The fraction of sp³-hybridized carbons (Fsp3) is 0.308. The summed E-state index contributed by atoms with van der Waals surface area (Å²) in [4.78, 5) is 11.4. The van der Waals surface area contributed by atoms with E-state index in [2.05, 4.69) is 0 Å². The molecule has 0 unspecified atom stereocenters. The third-order valence-corrected chi connectivity index (χ3v) is 2.90. The van der Waals surface area contributed by atoms with Gasteiger partial charge in [-0.05, 0) is 24.6 Å². The Bertz CT molecular complexity index is 488. The van der Waals surface area contributed by atoms with Crippen molar-refractivity contribution < 1.29 is 14.3 Å². The van der Waals surface area contributed by atoms with Crippen molar-refractivity contribution in [3.05, 3.63) is 40.7 Å². The summed E-state index contributed by atoms with van der Waals surface area (Å²) in [7, 11) is 1.59. The molecule has 0 aliphatic carbocycles. The van der Waals surface area contributed by atoms with E-state index in [1.165, 1.54) is 5.01 Å². The van der Waals surface area contributed by atoms with Crippen LogP contribution < -0.4 is 16.3 Å². The zero-order chi connectivity index (χ0) is 15.1. The van der Waals surface area contributed by atoms with E-state index in [0.717, 1.165) is 11.3 Å². The molecular weight excluding hydrogens is 282 g/mol. The fourth-order valence-electron chi connectivity index (χ4n) is 1.44. The summed E-state index contributed by atoms with van der Waals surface area (Å²) in [5, 5.41) is 1.12. The largest absolute Gasteiger partial charge is 0.497 e. The molecule has 0 radical (unpaired) electrons. The molecule has 0 bridgehead atoms. The molecule has 1 aromatic carbocycles. The number of halogens is 1. The topological polar surface area (TPSA) is 90.8 Å². The van der Waals surface area contributed by atoms with E-state index in [9.17, 15) is 4.79 Å². The Labute approximate surface area is 122 Å². The van der Waals surface area contributed by atoms with Gasteiger partial charge in [-0.3, -0.25) is 5.01 Å². The van der Waals surface area contributed by atoms with Crippen molar-refractivity contribution in [1.29, 1.82) is 0 Å². The summed E-state index contributed by atoms with van der Waals surface area (Å²) in [6.45, 7) is 2.19. The number of rotatable bonds is 6. The highest BCUT2D eigenvalue weighted by Gasteiger charge is 2.15. The number of carbonyl (C=O) groups is 1. The first kappa shape index (κ1) is 16.1. The highest BCUT2D eigenvalue weighted by atomic mass is 35.5. The Kier molecular flexibility index (Phi) is 6.14. The number of hydrogen-bond acceptors (Lipinski definition) is 6. The van der Waals surface area contributed by atoms with Crippen LogP contribution in [0.25, 0.3) is 0 Å². The molecule has 0 amide bonds. The van der Waals surface area contributed by atoms with Crippen LogP contribution in [-0.4, -0.2) is 24.7 Å². The smallest absolute Gasteiger partial charge is 0.357 e. The predicted molar refractivity (Wildman–Crippen MR) is 76.4 cm³/mol. The maximum atomic E-state index is 11.4. The fourth-order valence-corrected chi connectivity index (χ4v) is 1.58. The Morgan fingerprint density at radius 3 is 2.45 bits per heavy atom. The molecule has 7 heteroatoms. The van der Waals surface area contributed by atoms with Crippen LogP contribution in [0.2, 0.25) is 0 Å². The summed E-state index contributed by atoms with van der Waals surface area (Å²) < 4.78 is 9.81. The van der Waals surface area contributed by atoms with Gasteiger partial charge in [-0.15, -0.1) is 0 Å². The Morgan fingerprint density at radius 1 is 1.35 bits per heavy atom. The second-order valence-electron chi connectivity index (χ2n) is 3.90. The van der Waals surface area contributed by atoms with Gasteiger partial charge < -0.3 is 15.2 Å². The summed E-state index contributed by atoms with van der Waals surface area (Å²) in [6.07, 6.45) is 0. The molecule has 0 saturated heterocycles. The van der Waals surface area contributed by atoms with Crippen LogP contribution in [0.5, 0.6) is 5.75 Å². The molecule has 4 N–H and O–H groups in total. The monoisotopic (exact) mass is 299 g/mol. The van der Waals surface area contributed by atoms with Gasteiger partial charge in [0.25, 0.3) is 0 Å². The number of ether oxygens (including phenoxy) is 2. The summed E-state index contributed by atoms with van der Waals surface area (Å²) in [5.74, 6) is 5.83. The van der Waals surface area contributed by atoms with Crippen LogP contribution in [0.1, 0.15) is 12.5 Å². The molecule has 0 heterocycles. The van der Waals surface area contributed by atoms with Gasteiger partial charge in [-0.2, -0.15) is 0 Å². The van der Waals surface area contributed by atoms with Crippen molar-refractivity contribution >= 4 is 17.6 Å². The first-order chi connectivity index (χ1) is 9.49. The lowest BCUT2D eigenvalue weighted by molar-refractivity contribution is -0.138. The van der Waals surface area contributed by atoms with Crippen molar-refractivity contribution in [3.8, 4) is 5.75 Å². The van der Waals surface area contributed by atoms with Gasteiger partial charge in [0.15, 0.2) is 5.70 Å². The van der Waals surface area contributed by atoms with Crippen LogP contribution in [-0.2, 0) is 16.1 Å². The molecule has 0 aliphatic rings. The van der Waals surface area contributed by atoms with Crippen molar-refractivity contribution in [1.82, 2.24) is 5.01 Å². The highest BCUT2D eigenvalue weighted by molar-refractivity contribution is 6.31. The van der Waals surface area contributed by atoms with Crippen LogP contribution in [0.4, 0.5) is 0 Å². The minimum absolute atomic E-state index is 0.0562. The number of nitrogens with zero attached hydrogens (tertiary/aromatic N) is 1. The van der Waals surface area contributed by atoms with E-state index in [1.807, 2.05) is 12.1 Å². The van der Waals surface area contributed by atoms with Gasteiger partial charge in [0.2, 0.25) is 0 Å². The zero-order valence-corrected chi connectivity index (χ0v) is 12.2. The standard InChI is InChI=1S/C13H18ClN3O3/c1-3-20-13(18)11(15)12(14)17(16)8-9-4-6-10(19-2)7-5-9/h4-7H,3,8,15-16H2,1-2H3/b12-11-. The van der Waals surface area contributed by atoms with Gasteiger partial charge in [0, 0.05) is 0 Å².